The lowest BCUT2D eigenvalue weighted by molar-refractivity contribution is 0.568. The molecule has 1 atom stereocenters. The van der Waals surface area contributed by atoms with Crippen LogP contribution in [-0.2, 0) is 4.57 Å². The van der Waals surface area contributed by atoms with Crippen LogP contribution in [0.4, 0.5) is 0 Å². The lowest BCUT2D eigenvalue weighted by Crippen LogP contribution is -2.07. The number of hydrogen-bond donors (Lipinski definition) is 0. The van der Waals surface area contributed by atoms with E-state index in [4.69, 9.17) is 4.42 Å². The highest BCUT2D eigenvalue weighted by molar-refractivity contribution is 7.61. The number of oxazole rings is 1. The van der Waals surface area contributed by atoms with Crippen LogP contribution in [0, 0.1) is 0 Å². The highest BCUT2D eigenvalue weighted by Crippen LogP contribution is 2.24. The number of nitrogens with zero attached hydrogens (tertiary/aromatic N) is 1. The zero-order valence-electron chi connectivity index (χ0n) is 8.91. The molecule has 0 aliphatic heterocycles. The van der Waals surface area contributed by atoms with Crippen LogP contribution in [0.5, 0.6) is 0 Å². The van der Waals surface area contributed by atoms with E-state index in [1.165, 1.54) is 12.5 Å². The largest absolute Gasteiger partial charge is 0.477 e. The van der Waals surface area contributed by atoms with Crippen LogP contribution in [0.1, 0.15) is 0 Å². The highest BCUT2D eigenvalue weighted by Gasteiger charge is 2.30. The fraction of sp³-hybridized carbons (Fsp3) is 0. The molecule has 82 valence electrons. The zero-order chi connectivity index (χ0) is 11.7. The molecule has 0 saturated heterocycles. The second-order valence-electron chi connectivity index (χ2n) is 3.61. The van der Waals surface area contributed by atoms with Crippen molar-refractivity contribution in [2.24, 2.45) is 0 Å². The molecule has 0 saturated carbocycles. The maximum atomic E-state index is 12.3. The minimum absolute atomic E-state index is 0.274. The molecule has 0 aliphatic carbocycles. The first-order chi connectivity index (χ1) is 8.36. The minimum atomic E-state index is -1.76. The van der Waals surface area contributed by atoms with Gasteiger partial charge in [0.2, 0.25) is 5.30 Å². The number of aromatic nitrogens is 1. The predicted octanol–water partition coefficient (Wildman–Crippen LogP) is 2.61. The summed E-state index contributed by atoms with van der Waals surface area (Å²) in [6.07, 6.45) is 2.95. The third-order valence-corrected chi connectivity index (χ3v) is 3.97. The highest BCUT2D eigenvalue weighted by atomic mass is 31.1. The molecule has 3 aromatic rings. The predicted molar refractivity (Wildman–Crippen MR) is 67.3 cm³/mol. The second-order valence-corrected chi connectivity index (χ2v) is 5.06. The van der Waals surface area contributed by atoms with Gasteiger partial charge in [-0.3, -0.25) is 0 Å². The van der Waals surface area contributed by atoms with Crippen LogP contribution in [0.15, 0.2) is 59.3 Å². The van der Waals surface area contributed by atoms with Gasteiger partial charge in [-0.25, -0.2) is 0 Å². The Morgan fingerprint density at radius 2 is 1.88 bits per heavy atom. The van der Waals surface area contributed by atoms with E-state index in [0.29, 0.717) is 0 Å². The summed E-state index contributed by atoms with van der Waals surface area (Å²) in [5, 5.41) is 2.81. The average molecular weight is 242 g/mol. The standard InChI is InChI=1S/C13H9NO2P/c15-17(13-14-8-9-16-13)12-7-3-5-10-4-1-2-6-11(10)12/h1-9H/q+1. The molecule has 0 fully saturated rings. The van der Waals surface area contributed by atoms with Crippen LogP contribution >= 0.6 is 7.80 Å². The normalized spacial score (nSPS) is 11.6. The summed E-state index contributed by atoms with van der Waals surface area (Å²) >= 11 is 0. The fourth-order valence-corrected chi connectivity index (χ4v) is 2.98. The Morgan fingerprint density at radius 3 is 2.71 bits per heavy atom. The van der Waals surface area contributed by atoms with E-state index in [0.717, 1.165) is 16.1 Å². The lowest BCUT2D eigenvalue weighted by Gasteiger charge is -1.95. The quantitative estimate of drug-likeness (QED) is 0.649. The number of fused-ring (bicyclic) bond motifs is 1. The van der Waals surface area contributed by atoms with Crippen molar-refractivity contribution < 1.29 is 8.98 Å². The van der Waals surface area contributed by atoms with Gasteiger partial charge in [0.05, 0.1) is 6.20 Å². The SMILES string of the molecule is O=[P+](c1ncco1)c1cccc2ccccc12. The van der Waals surface area contributed by atoms with E-state index in [2.05, 4.69) is 4.98 Å². The molecule has 0 spiro atoms. The summed E-state index contributed by atoms with van der Waals surface area (Å²) in [4.78, 5) is 3.95. The van der Waals surface area contributed by atoms with Gasteiger partial charge in [-0.05, 0) is 17.5 Å². The van der Waals surface area contributed by atoms with E-state index < -0.39 is 7.80 Å². The van der Waals surface area contributed by atoms with E-state index in [1.54, 1.807) is 0 Å². The van der Waals surface area contributed by atoms with Gasteiger partial charge in [0.25, 0.3) is 0 Å². The van der Waals surface area contributed by atoms with Crippen molar-refractivity contribution in [2.75, 3.05) is 0 Å². The molecule has 17 heavy (non-hydrogen) atoms. The van der Waals surface area contributed by atoms with Crippen molar-refractivity contribution in [1.29, 1.82) is 0 Å². The van der Waals surface area contributed by atoms with E-state index in [-0.39, 0.29) is 5.63 Å². The van der Waals surface area contributed by atoms with Crippen LogP contribution in [0.3, 0.4) is 0 Å². The fourth-order valence-electron chi connectivity index (χ4n) is 1.80. The third kappa shape index (κ3) is 1.75. The first-order valence-electron chi connectivity index (χ1n) is 5.21. The number of hydrogen-bond acceptors (Lipinski definition) is 3. The summed E-state index contributed by atoms with van der Waals surface area (Å²) < 4.78 is 17.4. The molecular formula is C13H9NO2P+. The van der Waals surface area contributed by atoms with Crippen molar-refractivity contribution in [3.63, 3.8) is 0 Å². The molecule has 0 amide bonds. The molecule has 0 N–H and O–H groups in total. The van der Waals surface area contributed by atoms with Gasteiger partial charge >= 0.3 is 13.4 Å². The van der Waals surface area contributed by atoms with E-state index in [9.17, 15) is 4.57 Å². The Morgan fingerprint density at radius 1 is 1.06 bits per heavy atom. The van der Waals surface area contributed by atoms with Crippen molar-refractivity contribution in [1.82, 2.24) is 4.98 Å². The Balaban J connectivity index is 2.21. The average Bonchev–Trinajstić information content (AvgIpc) is 2.91. The summed E-state index contributed by atoms with van der Waals surface area (Å²) in [5.41, 5.74) is 0.274. The summed E-state index contributed by atoms with van der Waals surface area (Å²) in [5.74, 6) is 0. The third-order valence-electron chi connectivity index (χ3n) is 2.58. The van der Waals surface area contributed by atoms with Gasteiger partial charge < -0.3 is 4.42 Å². The Kier molecular flexibility index (Phi) is 2.46. The van der Waals surface area contributed by atoms with Gasteiger partial charge in [-0.1, -0.05) is 34.9 Å². The molecule has 0 radical (unpaired) electrons. The van der Waals surface area contributed by atoms with Crippen LogP contribution in [0.25, 0.3) is 10.8 Å². The molecule has 4 heteroatoms. The molecule has 1 heterocycles. The minimum Gasteiger partial charge on any atom is -0.410 e. The van der Waals surface area contributed by atoms with Gasteiger partial charge in [0, 0.05) is 5.39 Å². The monoisotopic (exact) mass is 242 g/mol. The lowest BCUT2D eigenvalue weighted by atomic mass is 10.1. The maximum absolute atomic E-state index is 12.3. The number of benzene rings is 2. The Bertz CT molecular complexity index is 671. The number of rotatable bonds is 2. The Hall–Kier alpha value is -1.99. The van der Waals surface area contributed by atoms with Crippen LogP contribution < -0.4 is 10.9 Å². The topological polar surface area (TPSA) is 43.1 Å². The van der Waals surface area contributed by atoms with Crippen LogP contribution in [-0.4, -0.2) is 4.98 Å². The molecule has 3 nitrogen and oxygen atoms in total. The second kappa shape index (κ2) is 4.11. The maximum Gasteiger partial charge on any atom is 0.477 e. The van der Waals surface area contributed by atoms with Gasteiger partial charge in [0.15, 0.2) is 0 Å². The molecule has 2 aromatic carbocycles. The first kappa shape index (κ1) is 10.2. The summed E-state index contributed by atoms with van der Waals surface area (Å²) in [6, 6.07) is 13.6. The molecular weight excluding hydrogens is 233 g/mol. The van der Waals surface area contributed by atoms with E-state index in [1.807, 2.05) is 42.5 Å². The van der Waals surface area contributed by atoms with Gasteiger partial charge in [0.1, 0.15) is 6.26 Å². The van der Waals surface area contributed by atoms with Crippen molar-refractivity contribution in [2.45, 2.75) is 0 Å². The molecule has 3 rings (SSSR count). The van der Waals surface area contributed by atoms with Crippen molar-refractivity contribution in [3.05, 3.63) is 54.9 Å². The first-order valence-corrected chi connectivity index (χ1v) is 6.47. The summed E-state index contributed by atoms with van der Waals surface area (Å²) in [6.45, 7) is 0. The Labute approximate surface area is 98.9 Å². The summed E-state index contributed by atoms with van der Waals surface area (Å²) in [7, 11) is -1.76. The zero-order valence-corrected chi connectivity index (χ0v) is 9.80. The van der Waals surface area contributed by atoms with Gasteiger partial charge in [-0.2, -0.15) is 4.98 Å². The molecule has 0 bridgehead atoms. The smallest absolute Gasteiger partial charge is 0.410 e. The molecule has 1 aromatic heterocycles. The van der Waals surface area contributed by atoms with Crippen molar-refractivity contribution >= 4 is 29.5 Å². The van der Waals surface area contributed by atoms with Crippen LogP contribution in [0.2, 0.25) is 0 Å². The molecule has 0 aliphatic rings. The van der Waals surface area contributed by atoms with E-state index >= 15 is 0 Å². The van der Waals surface area contributed by atoms with Crippen molar-refractivity contribution in [3.8, 4) is 0 Å². The molecule has 1 unspecified atom stereocenters. The van der Waals surface area contributed by atoms with Gasteiger partial charge in [-0.15, -0.1) is 0 Å².